The van der Waals surface area contributed by atoms with Crippen LogP contribution >= 0.6 is 24.0 Å². The summed E-state index contributed by atoms with van der Waals surface area (Å²) in [7, 11) is -2.94. The molecule has 0 bridgehead atoms. The first-order valence-electron chi connectivity index (χ1n) is 9.29. The molecule has 1 aromatic rings. The van der Waals surface area contributed by atoms with E-state index < -0.39 is 9.84 Å². The van der Waals surface area contributed by atoms with E-state index in [2.05, 4.69) is 67.6 Å². The SMILES string of the molecule is CCNC(=NCC(C)(C)CCS(C)(=O)=O)NCC(C)c1cccc(C)c1.I. The maximum atomic E-state index is 11.4. The first-order valence-corrected chi connectivity index (χ1v) is 11.3. The molecule has 7 heteroatoms. The Labute approximate surface area is 182 Å². The molecule has 0 aliphatic rings. The van der Waals surface area contributed by atoms with Crippen LogP contribution in [0, 0.1) is 12.3 Å². The highest BCUT2D eigenvalue weighted by Crippen LogP contribution is 2.21. The molecular formula is C20H36IN3O2S. The van der Waals surface area contributed by atoms with E-state index in [1.165, 1.54) is 17.4 Å². The second-order valence-electron chi connectivity index (χ2n) is 7.94. The minimum atomic E-state index is -2.94. The Balaban J connectivity index is 0.00000676. The van der Waals surface area contributed by atoms with Crippen LogP contribution < -0.4 is 10.6 Å². The highest BCUT2D eigenvalue weighted by atomic mass is 127. The summed E-state index contributed by atoms with van der Waals surface area (Å²) in [5, 5.41) is 6.67. The Bertz CT molecular complexity index is 703. The number of hydrogen-bond donors (Lipinski definition) is 2. The summed E-state index contributed by atoms with van der Waals surface area (Å²) in [4.78, 5) is 4.67. The molecule has 0 aromatic heterocycles. The molecule has 0 saturated carbocycles. The minimum Gasteiger partial charge on any atom is -0.357 e. The number of guanidine groups is 1. The minimum absolute atomic E-state index is 0. The van der Waals surface area contributed by atoms with Crippen LogP contribution in [-0.2, 0) is 9.84 Å². The summed E-state index contributed by atoms with van der Waals surface area (Å²) < 4.78 is 22.8. The standard InChI is InChI=1S/C20H35N3O2S.HI/c1-7-21-19(23-15-20(4,5)11-12-26(6,24)25)22-14-17(3)18-10-8-9-16(2)13-18;/h8-10,13,17H,7,11-12,14-15H2,1-6H3,(H2,21,22,23);1H. The molecule has 2 N–H and O–H groups in total. The number of aliphatic imine (C=N–C) groups is 1. The first-order chi connectivity index (χ1) is 12.0. The highest BCUT2D eigenvalue weighted by molar-refractivity contribution is 14.0. The molecule has 27 heavy (non-hydrogen) atoms. The zero-order valence-corrected chi connectivity index (χ0v) is 20.6. The molecule has 0 spiro atoms. The van der Waals surface area contributed by atoms with E-state index >= 15 is 0 Å². The van der Waals surface area contributed by atoms with Crippen LogP contribution in [0.25, 0.3) is 0 Å². The van der Waals surface area contributed by atoms with Gasteiger partial charge in [0, 0.05) is 25.9 Å². The van der Waals surface area contributed by atoms with Crippen molar-refractivity contribution < 1.29 is 8.42 Å². The summed E-state index contributed by atoms with van der Waals surface area (Å²) in [5.41, 5.74) is 2.41. The van der Waals surface area contributed by atoms with Gasteiger partial charge in [-0.2, -0.15) is 0 Å². The van der Waals surface area contributed by atoms with Gasteiger partial charge >= 0.3 is 0 Å². The zero-order valence-electron chi connectivity index (χ0n) is 17.5. The Hall–Kier alpha value is -0.830. The van der Waals surface area contributed by atoms with Crippen LogP contribution in [0.5, 0.6) is 0 Å². The van der Waals surface area contributed by atoms with Gasteiger partial charge in [-0.15, -0.1) is 24.0 Å². The van der Waals surface area contributed by atoms with Gasteiger partial charge in [0.05, 0.1) is 5.75 Å². The fraction of sp³-hybridized carbons (Fsp3) is 0.650. The predicted molar refractivity (Wildman–Crippen MR) is 127 cm³/mol. The van der Waals surface area contributed by atoms with Crippen LogP contribution in [0.3, 0.4) is 0 Å². The maximum absolute atomic E-state index is 11.4. The van der Waals surface area contributed by atoms with Crippen molar-refractivity contribution in [2.45, 2.75) is 47.0 Å². The van der Waals surface area contributed by atoms with E-state index in [-0.39, 0.29) is 35.1 Å². The van der Waals surface area contributed by atoms with Gasteiger partial charge in [-0.3, -0.25) is 4.99 Å². The van der Waals surface area contributed by atoms with E-state index in [4.69, 9.17) is 0 Å². The van der Waals surface area contributed by atoms with Gasteiger partial charge in [-0.1, -0.05) is 50.6 Å². The molecule has 0 amide bonds. The lowest BCUT2D eigenvalue weighted by Crippen LogP contribution is -2.39. The fourth-order valence-electron chi connectivity index (χ4n) is 2.52. The second-order valence-corrected chi connectivity index (χ2v) is 10.2. The number of sulfone groups is 1. The van der Waals surface area contributed by atoms with Crippen molar-refractivity contribution in [3.05, 3.63) is 35.4 Å². The average Bonchev–Trinajstić information content (AvgIpc) is 2.55. The van der Waals surface area contributed by atoms with Gasteiger partial charge in [0.15, 0.2) is 5.96 Å². The summed E-state index contributed by atoms with van der Waals surface area (Å²) >= 11 is 0. The van der Waals surface area contributed by atoms with Crippen LogP contribution in [0.15, 0.2) is 29.3 Å². The van der Waals surface area contributed by atoms with Gasteiger partial charge in [0.25, 0.3) is 0 Å². The summed E-state index contributed by atoms with van der Waals surface area (Å²) in [5.74, 6) is 1.35. The van der Waals surface area contributed by atoms with Crippen molar-refractivity contribution >= 4 is 39.8 Å². The van der Waals surface area contributed by atoms with Crippen molar-refractivity contribution in [3.63, 3.8) is 0 Å². The predicted octanol–water partition coefficient (Wildman–Crippen LogP) is 3.73. The van der Waals surface area contributed by atoms with Gasteiger partial charge < -0.3 is 10.6 Å². The molecule has 1 unspecified atom stereocenters. The summed E-state index contributed by atoms with van der Waals surface area (Å²) in [6, 6.07) is 8.56. The smallest absolute Gasteiger partial charge is 0.191 e. The average molecular weight is 509 g/mol. The normalized spacial score (nSPS) is 13.6. The molecule has 0 aliphatic heterocycles. The summed E-state index contributed by atoms with van der Waals surface area (Å²) in [6.07, 6.45) is 1.89. The van der Waals surface area contributed by atoms with Crippen molar-refractivity contribution in [3.8, 4) is 0 Å². The number of rotatable bonds is 9. The van der Waals surface area contributed by atoms with E-state index in [0.717, 1.165) is 19.0 Å². The number of benzene rings is 1. The number of hydrogen-bond acceptors (Lipinski definition) is 3. The molecule has 1 rings (SSSR count). The van der Waals surface area contributed by atoms with Crippen molar-refractivity contribution in [2.75, 3.05) is 31.6 Å². The fourth-order valence-corrected chi connectivity index (χ4v) is 3.44. The van der Waals surface area contributed by atoms with Crippen LogP contribution in [0.4, 0.5) is 0 Å². The summed E-state index contributed by atoms with van der Waals surface area (Å²) in [6.45, 7) is 12.6. The van der Waals surface area contributed by atoms with Crippen LogP contribution in [-0.4, -0.2) is 46.0 Å². The van der Waals surface area contributed by atoms with Gasteiger partial charge in [0.2, 0.25) is 0 Å². The Morgan fingerprint density at radius 3 is 2.48 bits per heavy atom. The van der Waals surface area contributed by atoms with E-state index in [9.17, 15) is 8.42 Å². The molecule has 0 saturated heterocycles. The lowest BCUT2D eigenvalue weighted by Gasteiger charge is -2.23. The Morgan fingerprint density at radius 2 is 1.93 bits per heavy atom. The number of aryl methyl sites for hydroxylation is 1. The number of halogens is 1. The van der Waals surface area contributed by atoms with E-state index in [0.29, 0.717) is 18.9 Å². The molecule has 156 valence electrons. The molecule has 0 radical (unpaired) electrons. The topological polar surface area (TPSA) is 70.6 Å². The largest absolute Gasteiger partial charge is 0.357 e. The third kappa shape index (κ3) is 11.6. The molecule has 0 fully saturated rings. The monoisotopic (exact) mass is 509 g/mol. The number of nitrogens with zero attached hydrogens (tertiary/aromatic N) is 1. The van der Waals surface area contributed by atoms with Gasteiger partial charge in [-0.25, -0.2) is 8.42 Å². The Kier molecular flexibility index (Phi) is 11.5. The molecule has 0 aliphatic carbocycles. The second kappa shape index (κ2) is 11.9. The first kappa shape index (κ1) is 26.2. The van der Waals surface area contributed by atoms with Crippen molar-refractivity contribution in [1.82, 2.24) is 10.6 Å². The highest BCUT2D eigenvalue weighted by Gasteiger charge is 2.20. The molecule has 1 aromatic carbocycles. The quantitative estimate of drug-likeness (QED) is 0.303. The lowest BCUT2D eigenvalue weighted by atomic mass is 9.90. The van der Waals surface area contributed by atoms with Crippen molar-refractivity contribution in [2.24, 2.45) is 10.4 Å². The maximum Gasteiger partial charge on any atom is 0.191 e. The van der Waals surface area contributed by atoms with Gasteiger partial charge in [0.1, 0.15) is 9.84 Å². The Morgan fingerprint density at radius 1 is 1.26 bits per heavy atom. The third-order valence-electron chi connectivity index (χ3n) is 4.35. The van der Waals surface area contributed by atoms with Gasteiger partial charge in [-0.05, 0) is 37.2 Å². The lowest BCUT2D eigenvalue weighted by molar-refractivity contribution is 0.365. The van der Waals surface area contributed by atoms with Crippen LogP contribution in [0.2, 0.25) is 0 Å². The van der Waals surface area contributed by atoms with Crippen molar-refractivity contribution in [1.29, 1.82) is 0 Å². The molecular weight excluding hydrogens is 473 g/mol. The number of nitrogens with one attached hydrogen (secondary N) is 2. The molecule has 0 heterocycles. The van der Waals surface area contributed by atoms with E-state index in [1.54, 1.807) is 0 Å². The third-order valence-corrected chi connectivity index (χ3v) is 5.29. The molecule has 5 nitrogen and oxygen atoms in total. The zero-order chi connectivity index (χ0) is 19.8. The van der Waals surface area contributed by atoms with Crippen LogP contribution in [0.1, 0.15) is 51.2 Å². The molecule has 1 atom stereocenters. The van der Waals surface area contributed by atoms with E-state index in [1.807, 2.05) is 6.92 Å².